The van der Waals surface area contributed by atoms with E-state index in [1.54, 1.807) is 0 Å². The molecule has 1 aliphatic heterocycles. The van der Waals surface area contributed by atoms with Gasteiger partial charge in [0.1, 0.15) is 23.0 Å². The van der Waals surface area contributed by atoms with E-state index in [-0.39, 0.29) is 11.5 Å². The molecule has 2 aromatic heterocycles. The summed E-state index contributed by atoms with van der Waals surface area (Å²) in [5.74, 6) is 1.92. The SMILES string of the molecule is CC(C)CC1Oc2c(ccc3oc4ccnc(-c5cc(C(C)(C)C)c6ccccc6c5)c4c23)C1C. The molecule has 0 aliphatic carbocycles. The zero-order valence-electron chi connectivity index (χ0n) is 21.5. The fourth-order valence-corrected chi connectivity index (χ4v) is 5.73. The van der Waals surface area contributed by atoms with Gasteiger partial charge in [0.25, 0.3) is 0 Å². The molecular formula is C32H33NO2. The van der Waals surface area contributed by atoms with Gasteiger partial charge in [-0.3, -0.25) is 4.98 Å². The van der Waals surface area contributed by atoms with Crippen LogP contribution < -0.4 is 4.74 Å². The fourth-order valence-electron chi connectivity index (χ4n) is 5.73. The van der Waals surface area contributed by atoms with Crippen LogP contribution in [0.25, 0.3) is 44.0 Å². The first-order valence-electron chi connectivity index (χ1n) is 12.8. The molecule has 3 aromatic carbocycles. The Morgan fingerprint density at radius 1 is 0.943 bits per heavy atom. The summed E-state index contributed by atoms with van der Waals surface area (Å²) in [6.07, 6.45) is 3.09. The predicted octanol–water partition coefficient (Wildman–Crippen LogP) is 9.01. The second-order valence-corrected chi connectivity index (χ2v) is 11.6. The highest BCUT2D eigenvalue weighted by Gasteiger charge is 2.34. The first-order valence-corrected chi connectivity index (χ1v) is 12.8. The van der Waals surface area contributed by atoms with Crippen LogP contribution in [0, 0.1) is 5.92 Å². The van der Waals surface area contributed by atoms with Crippen molar-refractivity contribution in [3.8, 4) is 17.0 Å². The number of ether oxygens (including phenoxy) is 1. The smallest absolute Gasteiger partial charge is 0.139 e. The molecule has 0 N–H and O–H groups in total. The van der Waals surface area contributed by atoms with Crippen molar-refractivity contribution in [3.05, 3.63) is 71.9 Å². The first-order chi connectivity index (χ1) is 16.7. The van der Waals surface area contributed by atoms with E-state index in [0.29, 0.717) is 11.8 Å². The molecule has 0 saturated carbocycles. The Morgan fingerprint density at radius 2 is 1.71 bits per heavy atom. The molecular weight excluding hydrogens is 430 g/mol. The Morgan fingerprint density at radius 3 is 2.49 bits per heavy atom. The minimum absolute atomic E-state index is 0.00578. The van der Waals surface area contributed by atoms with Crippen molar-refractivity contribution >= 4 is 32.7 Å². The molecule has 0 bridgehead atoms. The minimum Gasteiger partial charge on any atom is -0.489 e. The Bertz CT molecular complexity index is 1580. The summed E-state index contributed by atoms with van der Waals surface area (Å²) in [4.78, 5) is 4.93. The monoisotopic (exact) mass is 463 g/mol. The molecule has 2 unspecified atom stereocenters. The van der Waals surface area contributed by atoms with Crippen LogP contribution in [0.3, 0.4) is 0 Å². The van der Waals surface area contributed by atoms with Gasteiger partial charge in [0, 0.05) is 23.2 Å². The second kappa shape index (κ2) is 7.84. The minimum atomic E-state index is 0.00578. The summed E-state index contributed by atoms with van der Waals surface area (Å²) in [6, 6.07) is 19.5. The van der Waals surface area contributed by atoms with Crippen LogP contribution >= 0.6 is 0 Å². The van der Waals surface area contributed by atoms with E-state index in [9.17, 15) is 0 Å². The highest BCUT2D eigenvalue weighted by atomic mass is 16.5. The molecule has 0 saturated heterocycles. The van der Waals surface area contributed by atoms with E-state index in [2.05, 4.69) is 90.1 Å². The number of rotatable bonds is 3. The quantitative estimate of drug-likeness (QED) is 0.268. The summed E-state index contributed by atoms with van der Waals surface area (Å²) < 4.78 is 13.0. The van der Waals surface area contributed by atoms with Gasteiger partial charge in [-0.25, -0.2) is 0 Å². The summed E-state index contributed by atoms with van der Waals surface area (Å²) in [5.41, 5.74) is 6.39. The van der Waals surface area contributed by atoms with Gasteiger partial charge in [-0.1, -0.05) is 71.9 Å². The van der Waals surface area contributed by atoms with Gasteiger partial charge in [-0.05, 0) is 58.4 Å². The van der Waals surface area contributed by atoms with Gasteiger partial charge in [-0.2, -0.15) is 0 Å². The lowest BCUT2D eigenvalue weighted by atomic mass is 9.82. The Hall–Kier alpha value is -3.33. The third-order valence-electron chi connectivity index (χ3n) is 7.50. The molecule has 3 heterocycles. The molecule has 2 atom stereocenters. The number of fused-ring (bicyclic) bond motifs is 6. The largest absolute Gasteiger partial charge is 0.489 e. The molecule has 0 radical (unpaired) electrons. The average Bonchev–Trinajstić information content (AvgIpc) is 3.34. The van der Waals surface area contributed by atoms with E-state index in [1.165, 1.54) is 21.9 Å². The van der Waals surface area contributed by atoms with Crippen molar-refractivity contribution in [1.29, 1.82) is 0 Å². The van der Waals surface area contributed by atoms with Crippen molar-refractivity contribution < 1.29 is 9.15 Å². The standard InChI is InChI=1S/C32H33NO2/c1-18(2)15-27-19(3)22-11-12-25-29(31(22)35-27)28-26(34-25)13-14-33-30(28)21-16-20-9-7-8-10-23(20)24(17-21)32(4,5)6/h7-14,16-19,27H,15H2,1-6H3. The van der Waals surface area contributed by atoms with Crippen LogP contribution in [0.4, 0.5) is 0 Å². The molecule has 0 spiro atoms. The van der Waals surface area contributed by atoms with Crippen LogP contribution in [0.15, 0.2) is 65.2 Å². The fraction of sp³-hybridized carbons (Fsp3) is 0.344. The maximum absolute atomic E-state index is 6.66. The van der Waals surface area contributed by atoms with Gasteiger partial charge in [0.05, 0.1) is 16.5 Å². The molecule has 3 heteroatoms. The highest BCUT2D eigenvalue weighted by molar-refractivity contribution is 6.15. The van der Waals surface area contributed by atoms with E-state index in [1.807, 2.05) is 12.3 Å². The van der Waals surface area contributed by atoms with Crippen LogP contribution in [0.1, 0.15) is 65.0 Å². The average molecular weight is 464 g/mol. The summed E-state index contributed by atoms with van der Waals surface area (Å²) in [5, 5.41) is 4.63. The lowest BCUT2D eigenvalue weighted by Crippen LogP contribution is -2.18. The van der Waals surface area contributed by atoms with Crippen LogP contribution in [0.2, 0.25) is 0 Å². The third-order valence-corrected chi connectivity index (χ3v) is 7.50. The van der Waals surface area contributed by atoms with E-state index in [0.717, 1.165) is 45.4 Å². The number of nitrogens with zero attached hydrogens (tertiary/aromatic N) is 1. The van der Waals surface area contributed by atoms with Crippen molar-refractivity contribution in [2.24, 2.45) is 5.92 Å². The zero-order valence-corrected chi connectivity index (χ0v) is 21.5. The first kappa shape index (κ1) is 22.2. The van der Waals surface area contributed by atoms with Crippen molar-refractivity contribution in [3.63, 3.8) is 0 Å². The molecule has 6 rings (SSSR count). The van der Waals surface area contributed by atoms with E-state index < -0.39 is 0 Å². The van der Waals surface area contributed by atoms with Gasteiger partial charge in [0.2, 0.25) is 0 Å². The highest BCUT2D eigenvalue weighted by Crippen LogP contribution is 2.49. The number of aromatic nitrogens is 1. The summed E-state index contributed by atoms with van der Waals surface area (Å²) in [6.45, 7) is 13.6. The molecule has 178 valence electrons. The topological polar surface area (TPSA) is 35.3 Å². The maximum atomic E-state index is 6.66. The second-order valence-electron chi connectivity index (χ2n) is 11.6. The normalized spacial score (nSPS) is 18.0. The molecule has 1 aliphatic rings. The van der Waals surface area contributed by atoms with Crippen LogP contribution in [-0.2, 0) is 5.41 Å². The van der Waals surface area contributed by atoms with Crippen molar-refractivity contribution in [2.75, 3.05) is 0 Å². The van der Waals surface area contributed by atoms with Gasteiger partial charge < -0.3 is 9.15 Å². The Labute approximate surface area is 207 Å². The van der Waals surface area contributed by atoms with Gasteiger partial charge >= 0.3 is 0 Å². The third kappa shape index (κ3) is 3.52. The van der Waals surface area contributed by atoms with Crippen LogP contribution in [-0.4, -0.2) is 11.1 Å². The Balaban J connectivity index is 1.64. The lowest BCUT2D eigenvalue weighted by molar-refractivity contribution is 0.183. The van der Waals surface area contributed by atoms with Gasteiger partial charge in [-0.15, -0.1) is 0 Å². The molecule has 35 heavy (non-hydrogen) atoms. The van der Waals surface area contributed by atoms with Crippen molar-refractivity contribution in [1.82, 2.24) is 4.98 Å². The summed E-state index contributed by atoms with van der Waals surface area (Å²) >= 11 is 0. The number of furan rings is 1. The lowest BCUT2D eigenvalue weighted by Gasteiger charge is -2.23. The van der Waals surface area contributed by atoms with Crippen LogP contribution in [0.5, 0.6) is 5.75 Å². The Kier molecular flexibility index (Phi) is 4.96. The molecule has 3 nitrogen and oxygen atoms in total. The molecule has 5 aromatic rings. The number of benzene rings is 3. The molecule has 0 amide bonds. The predicted molar refractivity (Wildman–Crippen MR) is 145 cm³/mol. The summed E-state index contributed by atoms with van der Waals surface area (Å²) in [7, 11) is 0. The van der Waals surface area contributed by atoms with Crippen molar-refractivity contribution in [2.45, 2.75) is 65.4 Å². The number of pyridine rings is 1. The number of hydrogen-bond acceptors (Lipinski definition) is 3. The molecule has 0 fully saturated rings. The van der Waals surface area contributed by atoms with E-state index >= 15 is 0 Å². The zero-order chi connectivity index (χ0) is 24.5. The van der Waals surface area contributed by atoms with E-state index in [4.69, 9.17) is 14.1 Å². The maximum Gasteiger partial charge on any atom is 0.139 e. The number of hydrogen-bond donors (Lipinski definition) is 0. The van der Waals surface area contributed by atoms with Gasteiger partial charge in [0.15, 0.2) is 0 Å².